The molecule has 1 aliphatic heterocycles. The van der Waals surface area contributed by atoms with Crippen LogP contribution in [0.25, 0.3) is 0 Å². The van der Waals surface area contributed by atoms with E-state index in [1.807, 2.05) is 42.3 Å². The lowest BCUT2D eigenvalue weighted by molar-refractivity contribution is -0.271. The smallest absolute Gasteiger partial charge is 0.380 e. The van der Waals surface area contributed by atoms with Gasteiger partial charge in [0.05, 0.1) is 0 Å². The number of rotatable bonds is 4. The molecular weight excluding hydrogens is 323 g/mol. The van der Waals surface area contributed by atoms with Crippen molar-refractivity contribution in [3.05, 3.63) is 30.3 Å². The van der Waals surface area contributed by atoms with E-state index in [-0.39, 0.29) is 13.1 Å². The second-order valence-corrected chi connectivity index (χ2v) is 6.01. The molecule has 0 saturated carbocycles. The number of carbonyl (C=O) groups is 1. The number of benzene rings is 1. The monoisotopic (exact) mass is 345 g/mol. The van der Waals surface area contributed by atoms with Crippen molar-refractivity contribution in [2.24, 2.45) is 0 Å². The largest absolute Gasteiger partial charge is 0.417 e. The minimum Gasteiger partial charge on any atom is -0.380 e. The maximum Gasteiger partial charge on any atom is 0.417 e. The van der Waals surface area contributed by atoms with Crippen LogP contribution in [0.2, 0.25) is 0 Å². The topological polar surface area (TPSA) is 55.8 Å². The lowest BCUT2D eigenvalue weighted by Gasteiger charge is -2.39. The van der Waals surface area contributed by atoms with Crippen LogP contribution in [0.1, 0.15) is 12.8 Å². The Hall–Kier alpha value is -1.96. The minimum absolute atomic E-state index is 0.115. The van der Waals surface area contributed by atoms with E-state index in [2.05, 4.69) is 5.32 Å². The number of urea groups is 1. The molecule has 0 spiro atoms. The van der Waals surface area contributed by atoms with Crippen LogP contribution in [0.3, 0.4) is 0 Å². The molecule has 1 aromatic carbocycles. The zero-order valence-electron chi connectivity index (χ0n) is 13.5. The Balaban J connectivity index is 1.74. The van der Waals surface area contributed by atoms with Crippen LogP contribution in [0.5, 0.6) is 0 Å². The number of nitrogens with one attached hydrogen (secondary N) is 1. The van der Waals surface area contributed by atoms with Crippen molar-refractivity contribution in [2.75, 3.05) is 38.1 Å². The summed E-state index contributed by atoms with van der Waals surface area (Å²) in [6.45, 7) is 0.729. The van der Waals surface area contributed by atoms with E-state index in [1.165, 1.54) is 4.90 Å². The highest BCUT2D eigenvalue weighted by atomic mass is 19.4. The first-order valence-electron chi connectivity index (χ1n) is 7.81. The van der Waals surface area contributed by atoms with Gasteiger partial charge in [-0.3, -0.25) is 0 Å². The van der Waals surface area contributed by atoms with Crippen molar-refractivity contribution in [1.82, 2.24) is 10.2 Å². The summed E-state index contributed by atoms with van der Waals surface area (Å²) in [6.07, 6.45) is -5.64. The van der Waals surface area contributed by atoms with Crippen LogP contribution in [0.4, 0.5) is 23.7 Å². The Morgan fingerprint density at radius 2 is 1.88 bits per heavy atom. The molecule has 2 N–H and O–H groups in total. The molecule has 1 saturated heterocycles. The van der Waals surface area contributed by atoms with Gasteiger partial charge >= 0.3 is 12.2 Å². The zero-order chi connectivity index (χ0) is 17.8. The lowest BCUT2D eigenvalue weighted by Crippen LogP contribution is -2.56. The van der Waals surface area contributed by atoms with Crippen LogP contribution in [0.15, 0.2) is 30.3 Å². The molecule has 0 bridgehead atoms. The van der Waals surface area contributed by atoms with Gasteiger partial charge in [0.1, 0.15) is 0 Å². The number of hydrogen-bond donors (Lipinski definition) is 2. The fourth-order valence-corrected chi connectivity index (χ4v) is 2.62. The van der Waals surface area contributed by atoms with Crippen LogP contribution in [-0.2, 0) is 0 Å². The van der Waals surface area contributed by atoms with Gasteiger partial charge in [-0.2, -0.15) is 13.2 Å². The summed E-state index contributed by atoms with van der Waals surface area (Å²) in [5, 5.41) is 12.3. The number of para-hydroxylation sites is 1. The number of piperidine rings is 1. The fourth-order valence-electron chi connectivity index (χ4n) is 2.62. The number of aliphatic hydroxyl groups is 1. The number of alkyl halides is 3. The Morgan fingerprint density at radius 3 is 2.42 bits per heavy atom. The molecule has 5 nitrogen and oxygen atoms in total. The van der Waals surface area contributed by atoms with Gasteiger partial charge < -0.3 is 20.2 Å². The maximum absolute atomic E-state index is 12.7. The van der Waals surface area contributed by atoms with Crippen molar-refractivity contribution >= 4 is 11.7 Å². The van der Waals surface area contributed by atoms with Crippen LogP contribution in [0, 0.1) is 0 Å². The minimum atomic E-state index is -4.66. The van der Waals surface area contributed by atoms with E-state index in [9.17, 15) is 23.1 Å². The summed E-state index contributed by atoms with van der Waals surface area (Å²) in [5.41, 5.74) is -1.67. The third-order valence-corrected chi connectivity index (χ3v) is 4.33. The number of anilines is 1. The molecule has 1 aliphatic rings. The molecule has 8 heteroatoms. The number of amides is 2. The van der Waals surface area contributed by atoms with E-state index in [1.54, 1.807) is 0 Å². The van der Waals surface area contributed by atoms with Gasteiger partial charge in [0.25, 0.3) is 0 Å². The quantitative estimate of drug-likeness (QED) is 0.880. The third-order valence-electron chi connectivity index (χ3n) is 4.33. The molecule has 24 heavy (non-hydrogen) atoms. The summed E-state index contributed by atoms with van der Waals surface area (Å²) >= 11 is 0. The average Bonchev–Trinajstić information content (AvgIpc) is 2.55. The van der Waals surface area contributed by atoms with Crippen molar-refractivity contribution < 1.29 is 23.1 Å². The zero-order valence-corrected chi connectivity index (χ0v) is 13.5. The van der Waals surface area contributed by atoms with Gasteiger partial charge in [0.15, 0.2) is 5.60 Å². The predicted octanol–water partition coefficient (Wildman–Crippen LogP) is 2.22. The molecule has 2 amide bonds. The van der Waals surface area contributed by atoms with Gasteiger partial charge in [-0.1, -0.05) is 18.2 Å². The van der Waals surface area contributed by atoms with Gasteiger partial charge in [-0.25, -0.2) is 4.79 Å². The fraction of sp³-hybridized carbons (Fsp3) is 0.562. The van der Waals surface area contributed by atoms with Crippen LogP contribution >= 0.6 is 0 Å². The Labute approximate surface area is 139 Å². The first-order valence-corrected chi connectivity index (χ1v) is 7.81. The van der Waals surface area contributed by atoms with E-state index in [4.69, 9.17) is 0 Å². The first-order chi connectivity index (χ1) is 11.2. The molecule has 0 aliphatic carbocycles. The standard InChI is InChI=1S/C16H22F3N3O2/c1-21(13-5-3-2-4-6-13)12-9-20-14(23)22-10-7-15(24,8-11-22)16(17,18)19/h2-6,24H,7-12H2,1H3,(H,20,23). The Morgan fingerprint density at radius 1 is 1.29 bits per heavy atom. The number of likely N-dealkylation sites (N-methyl/N-ethyl adjacent to an activating group) is 1. The van der Waals surface area contributed by atoms with Crippen molar-refractivity contribution in [2.45, 2.75) is 24.6 Å². The SMILES string of the molecule is CN(CCNC(=O)N1CCC(O)(C(F)(F)F)CC1)c1ccccc1. The summed E-state index contributed by atoms with van der Waals surface area (Å²) in [5.74, 6) is 0. The summed E-state index contributed by atoms with van der Waals surface area (Å²) in [6, 6.07) is 9.24. The Kier molecular flexibility index (Phi) is 5.58. The third kappa shape index (κ3) is 4.31. The van der Waals surface area contributed by atoms with Gasteiger partial charge in [-0.15, -0.1) is 0 Å². The predicted molar refractivity (Wildman–Crippen MR) is 84.9 cm³/mol. The summed E-state index contributed by atoms with van der Waals surface area (Å²) in [4.78, 5) is 15.3. The Bertz CT molecular complexity index is 543. The second-order valence-electron chi connectivity index (χ2n) is 6.01. The van der Waals surface area contributed by atoms with E-state index >= 15 is 0 Å². The van der Waals surface area contributed by atoms with Crippen molar-refractivity contribution in [3.8, 4) is 0 Å². The number of likely N-dealkylation sites (tertiary alicyclic amines) is 1. The van der Waals surface area contributed by atoms with Gasteiger partial charge in [-0.05, 0) is 12.1 Å². The molecule has 0 radical (unpaired) electrons. The molecule has 1 aromatic rings. The highest BCUT2D eigenvalue weighted by Gasteiger charge is 2.54. The highest BCUT2D eigenvalue weighted by Crippen LogP contribution is 2.38. The van der Waals surface area contributed by atoms with E-state index in [0.29, 0.717) is 13.1 Å². The maximum atomic E-state index is 12.7. The molecule has 1 fully saturated rings. The normalized spacial score (nSPS) is 17.5. The van der Waals surface area contributed by atoms with Crippen molar-refractivity contribution in [1.29, 1.82) is 0 Å². The molecule has 2 rings (SSSR count). The van der Waals surface area contributed by atoms with Gasteiger partial charge in [0, 0.05) is 51.8 Å². The summed E-state index contributed by atoms with van der Waals surface area (Å²) < 4.78 is 38.2. The number of carbonyl (C=O) groups excluding carboxylic acids is 1. The lowest BCUT2D eigenvalue weighted by atomic mass is 9.91. The van der Waals surface area contributed by atoms with Crippen molar-refractivity contribution in [3.63, 3.8) is 0 Å². The molecule has 134 valence electrons. The molecular formula is C16H22F3N3O2. The first kappa shape index (κ1) is 18.4. The van der Waals surface area contributed by atoms with Gasteiger partial charge in [0.2, 0.25) is 0 Å². The van der Waals surface area contributed by atoms with Crippen LogP contribution < -0.4 is 10.2 Å². The second kappa shape index (κ2) is 7.29. The van der Waals surface area contributed by atoms with E-state index in [0.717, 1.165) is 5.69 Å². The number of hydrogen-bond acceptors (Lipinski definition) is 3. The highest BCUT2D eigenvalue weighted by molar-refractivity contribution is 5.74. The van der Waals surface area contributed by atoms with Crippen LogP contribution in [-0.4, -0.2) is 61.0 Å². The van der Waals surface area contributed by atoms with E-state index < -0.39 is 30.7 Å². The average molecular weight is 345 g/mol. The molecule has 1 heterocycles. The molecule has 0 unspecified atom stereocenters. The summed E-state index contributed by atoms with van der Waals surface area (Å²) in [7, 11) is 1.89. The number of nitrogens with zero attached hydrogens (tertiary/aromatic N) is 2. The molecule has 0 aromatic heterocycles. The molecule has 0 atom stereocenters. The number of halogens is 3.